The Kier molecular flexibility index (Phi) is 5.16. The summed E-state index contributed by atoms with van der Waals surface area (Å²) in [6.07, 6.45) is 3.10. The second-order valence-corrected chi connectivity index (χ2v) is 5.85. The van der Waals surface area contributed by atoms with Crippen LogP contribution >= 0.6 is 11.3 Å². The maximum absolute atomic E-state index is 11.8. The van der Waals surface area contributed by atoms with E-state index in [0.717, 1.165) is 38.9 Å². The summed E-state index contributed by atoms with van der Waals surface area (Å²) in [5.74, 6) is 0.112. The van der Waals surface area contributed by atoms with E-state index in [1.807, 2.05) is 6.07 Å². The lowest BCUT2D eigenvalue weighted by Crippen LogP contribution is -2.47. The van der Waals surface area contributed by atoms with E-state index in [1.54, 1.807) is 11.3 Å². The van der Waals surface area contributed by atoms with Crippen molar-refractivity contribution in [3.05, 3.63) is 22.4 Å². The first-order chi connectivity index (χ1) is 8.74. The van der Waals surface area contributed by atoms with Gasteiger partial charge in [-0.2, -0.15) is 0 Å². The molecule has 1 unspecified atom stereocenters. The van der Waals surface area contributed by atoms with Crippen molar-refractivity contribution in [3.8, 4) is 0 Å². The van der Waals surface area contributed by atoms with Crippen LogP contribution in [0.1, 0.15) is 17.7 Å². The lowest BCUT2D eigenvalue weighted by Gasteiger charge is -2.29. The molecular weight excluding hydrogens is 246 g/mol. The van der Waals surface area contributed by atoms with Crippen LogP contribution in [0, 0.1) is 0 Å². The summed E-state index contributed by atoms with van der Waals surface area (Å²) in [6.45, 7) is 3.04. The number of nitrogens with one attached hydrogen (secondary N) is 1. The first-order valence-electron chi connectivity index (χ1n) is 6.51. The molecule has 0 aliphatic carbocycles. The van der Waals surface area contributed by atoms with Crippen LogP contribution in [-0.4, -0.2) is 43.0 Å². The largest absolute Gasteiger partial charge is 0.355 e. The number of hydrogen-bond acceptors (Lipinski definition) is 4. The molecule has 0 aromatic carbocycles. The molecular formula is C13H21N3OS. The van der Waals surface area contributed by atoms with Crippen LogP contribution in [0.4, 0.5) is 0 Å². The van der Waals surface area contributed by atoms with Crippen molar-refractivity contribution in [3.63, 3.8) is 0 Å². The highest BCUT2D eigenvalue weighted by Gasteiger charge is 2.18. The third kappa shape index (κ3) is 4.40. The third-order valence-corrected chi connectivity index (χ3v) is 4.12. The van der Waals surface area contributed by atoms with E-state index in [2.05, 4.69) is 21.7 Å². The number of likely N-dealkylation sites (tertiary alicyclic amines) is 1. The van der Waals surface area contributed by atoms with Gasteiger partial charge >= 0.3 is 0 Å². The first kappa shape index (κ1) is 13.5. The van der Waals surface area contributed by atoms with Gasteiger partial charge in [-0.25, -0.2) is 0 Å². The average molecular weight is 267 g/mol. The number of thiophene rings is 1. The molecule has 1 aliphatic heterocycles. The number of amides is 1. The fourth-order valence-electron chi connectivity index (χ4n) is 2.27. The SMILES string of the molecule is NC1CCCN(CC(=O)NCCc2cccs2)C1. The van der Waals surface area contributed by atoms with Gasteiger partial charge in [0.15, 0.2) is 0 Å². The van der Waals surface area contributed by atoms with Gasteiger partial charge in [0.25, 0.3) is 0 Å². The lowest BCUT2D eigenvalue weighted by molar-refractivity contribution is -0.122. The zero-order chi connectivity index (χ0) is 12.8. The number of piperidine rings is 1. The smallest absolute Gasteiger partial charge is 0.234 e. The second-order valence-electron chi connectivity index (χ2n) is 4.82. The molecule has 2 rings (SSSR count). The Balaban J connectivity index is 1.62. The second kappa shape index (κ2) is 6.87. The monoisotopic (exact) mass is 267 g/mol. The summed E-state index contributed by atoms with van der Waals surface area (Å²) in [4.78, 5) is 15.2. The number of nitrogens with zero attached hydrogens (tertiary/aromatic N) is 1. The molecule has 1 aromatic rings. The highest BCUT2D eigenvalue weighted by Crippen LogP contribution is 2.09. The number of nitrogens with two attached hydrogens (primary N) is 1. The summed E-state index contributed by atoms with van der Waals surface area (Å²) in [5, 5.41) is 5.03. The molecule has 1 atom stereocenters. The minimum absolute atomic E-state index is 0.112. The van der Waals surface area contributed by atoms with E-state index in [9.17, 15) is 4.79 Å². The summed E-state index contributed by atoms with van der Waals surface area (Å²) in [5.41, 5.74) is 5.89. The molecule has 0 saturated carbocycles. The normalized spacial score (nSPS) is 20.8. The van der Waals surface area contributed by atoms with E-state index in [4.69, 9.17) is 5.73 Å². The van der Waals surface area contributed by atoms with E-state index < -0.39 is 0 Å². The molecule has 1 aliphatic rings. The molecule has 3 N–H and O–H groups in total. The minimum Gasteiger partial charge on any atom is -0.355 e. The number of hydrogen-bond donors (Lipinski definition) is 2. The zero-order valence-corrected chi connectivity index (χ0v) is 11.4. The highest BCUT2D eigenvalue weighted by atomic mass is 32.1. The van der Waals surface area contributed by atoms with Gasteiger partial charge in [-0.1, -0.05) is 6.07 Å². The van der Waals surface area contributed by atoms with Crippen LogP contribution in [0.15, 0.2) is 17.5 Å². The minimum atomic E-state index is 0.112. The van der Waals surface area contributed by atoms with Crippen LogP contribution < -0.4 is 11.1 Å². The molecule has 1 saturated heterocycles. The van der Waals surface area contributed by atoms with Crippen LogP contribution in [-0.2, 0) is 11.2 Å². The Labute approximate surface area is 112 Å². The van der Waals surface area contributed by atoms with Crippen molar-refractivity contribution in [2.75, 3.05) is 26.2 Å². The number of rotatable bonds is 5. The predicted octanol–water partition coefficient (Wildman–Crippen LogP) is 0.830. The Morgan fingerprint density at radius 3 is 3.22 bits per heavy atom. The topological polar surface area (TPSA) is 58.4 Å². The maximum atomic E-state index is 11.8. The standard InChI is InChI=1S/C13H21N3OS/c14-11-3-1-7-16(9-11)10-13(17)15-6-5-12-4-2-8-18-12/h2,4,8,11H,1,3,5-7,9-10,14H2,(H,15,17). The average Bonchev–Trinajstić information content (AvgIpc) is 2.82. The zero-order valence-electron chi connectivity index (χ0n) is 10.6. The van der Waals surface area contributed by atoms with Crippen molar-refractivity contribution in [2.45, 2.75) is 25.3 Å². The van der Waals surface area contributed by atoms with Crippen molar-refractivity contribution >= 4 is 17.2 Å². The first-order valence-corrected chi connectivity index (χ1v) is 7.39. The van der Waals surface area contributed by atoms with Crippen LogP contribution in [0.3, 0.4) is 0 Å². The number of carbonyl (C=O) groups excluding carboxylic acids is 1. The van der Waals surface area contributed by atoms with Gasteiger partial charge in [-0.3, -0.25) is 9.69 Å². The molecule has 1 fully saturated rings. The van der Waals surface area contributed by atoms with Crippen LogP contribution in [0.2, 0.25) is 0 Å². The Bertz CT molecular complexity index is 366. The fraction of sp³-hybridized carbons (Fsp3) is 0.615. The van der Waals surface area contributed by atoms with Gasteiger partial charge in [0, 0.05) is 24.0 Å². The molecule has 18 heavy (non-hydrogen) atoms. The van der Waals surface area contributed by atoms with Gasteiger partial charge in [0.2, 0.25) is 5.91 Å². The van der Waals surface area contributed by atoms with Gasteiger partial charge in [0.1, 0.15) is 0 Å². The van der Waals surface area contributed by atoms with Gasteiger partial charge in [-0.15, -0.1) is 11.3 Å². The quantitative estimate of drug-likeness (QED) is 0.831. The third-order valence-electron chi connectivity index (χ3n) is 3.18. The van der Waals surface area contributed by atoms with Crippen molar-refractivity contribution in [1.82, 2.24) is 10.2 Å². The van der Waals surface area contributed by atoms with E-state index in [-0.39, 0.29) is 11.9 Å². The maximum Gasteiger partial charge on any atom is 0.234 e. The molecule has 0 bridgehead atoms. The van der Waals surface area contributed by atoms with Gasteiger partial charge in [0.05, 0.1) is 6.54 Å². The molecule has 1 aromatic heterocycles. The van der Waals surface area contributed by atoms with Crippen molar-refractivity contribution in [1.29, 1.82) is 0 Å². The van der Waals surface area contributed by atoms with E-state index in [1.165, 1.54) is 4.88 Å². The van der Waals surface area contributed by atoms with E-state index >= 15 is 0 Å². The summed E-state index contributed by atoms with van der Waals surface area (Å²) in [7, 11) is 0. The molecule has 5 heteroatoms. The molecule has 0 spiro atoms. The van der Waals surface area contributed by atoms with Crippen molar-refractivity contribution in [2.24, 2.45) is 5.73 Å². The van der Waals surface area contributed by atoms with Crippen molar-refractivity contribution < 1.29 is 4.79 Å². The molecule has 2 heterocycles. The van der Waals surface area contributed by atoms with Crippen LogP contribution in [0.25, 0.3) is 0 Å². The van der Waals surface area contributed by atoms with Crippen LogP contribution in [0.5, 0.6) is 0 Å². The Hall–Kier alpha value is -0.910. The predicted molar refractivity (Wildman–Crippen MR) is 74.7 cm³/mol. The Morgan fingerprint density at radius 1 is 1.61 bits per heavy atom. The lowest BCUT2D eigenvalue weighted by atomic mass is 10.1. The molecule has 100 valence electrons. The molecule has 4 nitrogen and oxygen atoms in total. The Morgan fingerprint density at radius 2 is 2.50 bits per heavy atom. The molecule has 0 radical (unpaired) electrons. The summed E-state index contributed by atoms with van der Waals surface area (Å²) >= 11 is 1.73. The van der Waals surface area contributed by atoms with Gasteiger partial charge < -0.3 is 11.1 Å². The highest BCUT2D eigenvalue weighted by molar-refractivity contribution is 7.09. The van der Waals surface area contributed by atoms with E-state index in [0.29, 0.717) is 6.54 Å². The number of carbonyl (C=O) groups is 1. The fourth-order valence-corrected chi connectivity index (χ4v) is 2.98. The molecule has 1 amide bonds. The van der Waals surface area contributed by atoms with Gasteiger partial charge in [-0.05, 0) is 37.3 Å². The summed E-state index contributed by atoms with van der Waals surface area (Å²) < 4.78 is 0. The summed E-state index contributed by atoms with van der Waals surface area (Å²) in [6, 6.07) is 4.37.